The van der Waals surface area contributed by atoms with E-state index in [4.69, 9.17) is 4.74 Å². The third-order valence-corrected chi connectivity index (χ3v) is 3.34. The van der Waals surface area contributed by atoms with Gasteiger partial charge in [-0.3, -0.25) is 0 Å². The molecule has 0 aliphatic heterocycles. The highest BCUT2D eigenvalue weighted by molar-refractivity contribution is 7.09. The number of aromatic nitrogens is 1. The van der Waals surface area contributed by atoms with E-state index in [9.17, 15) is 0 Å². The normalized spacial score (nSPS) is 13.8. The summed E-state index contributed by atoms with van der Waals surface area (Å²) in [6.07, 6.45) is 2.09. The van der Waals surface area contributed by atoms with E-state index in [2.05, 4.69) is 43.4 Å². The smallest absolute Gasteiger partial charge is 0.0897 e. The van der Waals surface area contributed by atoms with Crippen LogP contribution in [-0.4, -0.2) is 29.8 Å². The van der Waals surface area contributed by atoms with E-state index in [1.807, 2.05) is 6.92 Å². The molecule has 0 aromatic carbocycles. The van der Waals surface area contributed by atoms with Crippen molar-refractivity contribution in [3.8, 4) is 0 Å². The summed E-state index contributed by atoms with van der Waals surface area (Å²) in [4.78, 5) is 4.53. The van der Waals surface area contributed by atoms with Crippen LogP contribution in [0.25, 0.3) is 0 Å². The highest BCUT2D eigenvalue weighted by Gasteiger charge is 2.16. The zero-order valence-electron chi connectivity index (χ0n) is 12.2. The Morgan fingerprint density at radius 3 is 2.67 bits per heavy atom. The van der Waals surface area contributed by atoms with Gasteiger partial charge in [-0.2, -0.15) is 0 Å². The van der Waals surface area contributed by atoms with Gasteiger partial charge in [-0.05, 0) is 40.7 Å². The second kappa shape index (κ2) is 7.22. The molecule has 0 amide bonds. The molecule has 4 heteroatoms. The summed E-state index contributed by atoms with van der Waals surface area (Å²) >= 11 is 1.71. The molecule has 0 saturated carbocycles. The molecule has 1 rings (SSSR count). The van der Waals surface area contributed by atoms with Crippen molar-refractivity contribution in [1.29, 1.82) is 0 Å². The summed E-state index contributed by atoms with van der Waals surface area (Å²) in [6, 6.07) is 0.352. The summed E-state index contributed by atoms with van der Waals surface area (Å²) in [6.45, 7) is 12.3. The minimum Gasteiger partial charge on any atom is -0.374 e. The van der Waals surface area contributed by atoms with E-state index in [0.717, 1.165) is 31.0 Å². The van der Waals surface area contributed by atoms with Crippen LogP contribution in [0.15, 0.2) is 5.38 Å². The summed E-state index contributed by atoms with van der Waals surface area (Å²) in [5, 5.41) is 6.82. The minimum atomic E-state index is -0.0792. The van der Waals surface area contributed by atoms with Crippen molar-refractivity contribution in [2.24, 2.45) is 0 Å². The maximum Gasteiger partial charge on any atom is 0.0897 e. The highest BCUT2D eigenvalue weighted by atomic mass is 32.1. The summed E-state index contributed by atoms with van der Waals surface area (Å²) in [5.74, 6) is 0. The van der Waals surface area contributed by atoms with Crippen molar-refractivity contribution in [2.75, 3.05) is 13.2 Å². The molecule has 0 radical (unpaired) electrons. The molecule has 0 aliphatic carbocycles. The van der Waals surface area contributed by atoms with Gasteiger partial charge in [0.15, 0.2) is 0 Å². The van der Waals surface area contributed by atoms with Gasteiger partial charge in [0.25, 0.3) is 0 Å². The molecule has 0 aliphatic rings. The molecule has 1 aromatic heterocycles. The lowest BCUT2D eigenvalue weighted by atomic mass is 10.1. The van der Waals surface area contributed by atoms with Crippen LogP contribution in [0, 0.1) is 6.92 Å². The molecular formula is C14H26N2OS. The first kappa shape index (κ1) is 15.6. The van der Waals surface area contributed by atoms with Crippen LogP contribution in [0.1, 0.15) is 44.8 Å². The summed E-state index contributed by atoms with van der Waals surface area (Å²) in [5.41, 5.74) is 1.09. The molecule has 1 heterocycles. The van der Waals surface area contributed by atoms with Crippen LogP contribution in [0.5, 0.6) is 0 Å². The highest BCUT2D eigenvalue weighted by Crippen LogP contribution is 2.12. The topological polar surface area (TPSA) is 34.1 Å². The molecule has 0 fully saturated rings. The molecule has 0 spiro atoms. The first-order chi connectivity index (χ1) is 8.40. The molecule has 1 unspecified atom stereocenters. The van der Waals surface area contributed by atoms with Gasteiger partial charge >= 0.3 is 0 Å². The number of nitrogens with one attached hydrogen (secondary N) is 1. The Bertz CT molecular complexity index is 344. The summed E-state index contributed by atoms with van der Waals surface area (Å²) < 4.78 is 5.88. The van der Waals surface area contributed by atoms with E-state index in [1.54, 1.807) is 11.3 Å². The van der Waals surface area contributed by atoms with Gasteiger partial charge in [0, 0.05) is 17.8 Å². The molecule has 1 aromatic rings. The van der Waals surface area contributed by atoms with E-state index in [1.165, 1.54) is 5.69 Å². The number of ether oxygens (including phenoxy) is 1. The Kier molecular flexibility index (Phi) is 6.26. The fourth-order valence-corrected chi connectivity index (χ4v) is 2.27. The predicted molar refractivity (Wildman–Crippen MR) is 78.3 cm³/mol. The Morgan fingerprint density at radius 1 is 1.44 bits per heavy atom. The van der Waals surface area contributed by atoms with Crippen molar-refractivity contribution in [3.63, 3.8) is 0 Å². The molecule has 18 heavy (non-hydrogen) atoms. The number of aryl methyl sites for hydroxylation is 1. The molecular weight excluding hydrogens is 244 g/mol. The lowest BCUT2D eigenvalue weighted by Gasteiger charge is -2.25. The predicted octanol–water partition coefficient (Wildman–Crippen LogP) is 3.18. The fraction of sp³-hybridized carbons (Fsp3) is 0.786. The number of thiazole rings is 1. The minimum absolute atomic E-state index is 0.0792. The Hall–Kier alpha value is -0.450. The Balaban J connectivity index is 2.49. The van der Waals surface area contributed by atoms with Crippen molar-refractivity contribution in [3.05, 3.63) is 16.1 Å². The van der Waals surface area contributed by atoms with Crippen LogP contribution >= 0.6 is 11.3 Å². The lowest BCUT2D eigenvalue weighted by molar-refractivity contribution is -0.0144. The summed E-state index contributed by atoms with van der Waals surface area (Å²) in [7, 11) is 0. The second-order valence-corrected chi connectivity index (χ2v) is 6.70. The third kappa shape index (κ3) is 6.47. The first-order valence-corrected chi connectivity index (χ1v) is 7.57. The zero-order chi connectivity index (χ0) is 13.6. The number of hydrogen-bond donors (Lipinski definition) is 1. The molecule has 3 nitrogen and oxygen atoms in total. The van der Waals surface area contributed by atoms with Crippen LogP contribution in [-0.2, 0) is 11.2 Å². The zero-order valence-corrected chi connectivity index (χ0v) is 13.1. The standard InChI is InChI=1S/C14H26N2OS/c1-6-7-15-12(9-17-14(3,4)5)8-13-10-18-11(2)16-13/h10,12,15H,6-9H2,1-5H3. The largest absolute Gasteiger partial charge is 0.374 e. The van der Waals surface area contributed by atoms with E-state index < -0.39 is 0 Å². The van der Waals surface area contributed by atoms with Crippen LogP contribution in [0.2, 0.25) is 0 Å². The van der Waals surface area contributed by atoms with Gasteiger partial charge in [0.1, 0.15) is 0 Å². The molecule has 0 saturated heterocycles. The quantitative estimate of drug-likeness (QED) is 0.826. The number of nitrogens with zero attached hydrogens (tertiary/aromatic N) is 1. The Morgan fingerprint density at radius 2 is 2.17 bits per heavy atom. The Labute approximate surface area is 115 Å². The third-order valence-electron chi connectivity index (χ3n) is 2.52. The lowest BCUT2D eigenvalue weighted by Crippen LogP contribution is -2.38. The van der Waals surface area contributed by atoms with Crippen LogP contribution in [0.4, 0.5) is 0 Å². The van der Waals surface area contributed by atoms with Gasteiger partial charge in [-0.1, -0.05) is 6.92 Å². The first-order valence-electron chi connectivity index (χ1n) is 6.69. The molecule has 104 valence electrons. The van der Waals surface area contributed by atoms with E-state index >= 15 is 0 Å². The van der Waals surface area contributed by atoms with Gasteiger partial charge in [0.2, 0.25) is 0 Å². The maximum absolute atomic E-state index is 5.88. The van der Waals surface area contributed by atoms with Crippen molar-refractivity contribution < 1.29 is 4.74 Å². The molecule has 1 atom stereocenters. The van der Waals surface area contributed by atoms with Gasteiger partial charge < -0.3 is 10.1 Å². The fourth-order valence-electron chi connectivity index (χ4n) is 1.64. The van der Waals surface area contributed by atoms with Gasteiger partial charge in [-0.25, -0.2) is 4.98 Å². The van der Waals surface area contributed by atoms with Crippen molar-refractivity contribution in [1.82, 2.24) is 10.3 Å². The van der Waals surface area contributed by atoms with Crippen molar-refractivity contribution in [2.45, 2.75) is 59.1 Å². The maximum atomic E-state index is 5.88. The van der Waals surface area contributed by atoms with Gasteiger partial charge in [0.05, 0.1) is 22.9 Å². The average Bonchev–Trinajstić information content (AvgIpc) is 2.67. The van der Waals surface area contributed by atoms with Crippen molar-refractivity contribution >= 4 is 11.3 Å². The molecule has 0 bridgehead atoms. The number of rotatable bonds is 7. The average molecular weight is 270 g/mol. The van der Waals surface area contributed by atoms with E-state index in [-0.39, 0.29) is 5.60 Å². The van der Waals surface area contributed by atoms with Crippen LogP contribution < -0.4 is 5.32 Å². The molecule has 1 N–H and O–H groups in total. The van der Waals surface area contributed by atoms with Gasteiger partial charge in [-0.15, -0.1) is 11.3 Å². The SMILES string of the molecule is CCCNC(COC(C)(C)C)Cc1csc(C)n1. The number of hydrogen-bond acceptors (Lipinski definition) is 4. The monoisotopic (exact) mass is 270 g/mol. The van der Waals surface area contributed by atoms with E-state index in [0.29, 0.717) is 6.04 Å². The van der Waals surface area contributed by atoms with Crippen LogP contribution in [0.3, 0.4) is 0 Å². The second-order valence-electron chi connectivity index (χ2n) is 5.64.